The largest absolute Gasteiger partial charge is 0.507 e. The van der Waals surface area contributed by atoms with Crippen molar-refractivity contribution in [3.8, 4) is 0 Å². The molecule has 7 nitrogen and oxygen atoms in total. The lowest BCUT2D eigenvalue weighted by Gasteiger charge is -2.37. The molecule has 0 aliphatic carbocycles. The van der Waals surface area contributed by atoms with Crippen LogP contribution in [0.3, 0.4) is 0 Å². The highest BCUT2D eigenvalue weighted by Crippen LogP contribution is 2.35. The van der Waals surface area contributed by atoms with E-state index >= 15 is 0 Å². The molecule has 1 aromatic carbocycles. The number of hydrogen-bond acceptors (Lipinski definition) is 7. The molecular weight excluding hydrogens is 585 g/mol. The van der Waals surface area contributed by atoms with Crippen molar-refractivity contribution in [1.29, 1.82) is 0 Å². The Labute approximate surface area is 254 Å². The van der Waals surface area contributed by atoms with Crippen molar-refractivity contribution in [2.24, 2.45) is 0 Å². The van der Waals surface area contributed by atoms with Crippen molar-refractivity contribution in [2.75, 3.05) is 66.3 Å². The van der Waals surface area contributed by atoms with Gasteiger partial charge in [0.05, 0.1) is 32.7 Å². The molecule has 0 spiro atoms. The second-order valence-electron chi connectivity index (χ2n) is 10.9. The summed E-state index contributed by atoms with van der Waals surface area (Å²) in [7, 11) is 3.37. The van der Waals surface area contributed by atoms with E-state index in [1.54, 1.807) is 51.5 Å². The summed E-state index contributed by atoms with van der Waals surface area (Å²) in [6, 6.07) is 4.76. The van der Waals surface area contributed by atoms with Gasteiger partial charge in [-0.3, -0.25) is 0 Å². The monoisotopic (exact) mass is 642 g/mol. The Morgan fingerprint density at radius 1 is 0.925 bits per heavy atom. The van der Waals surface area contributed by atoms with Crippen molar-refractivity contribution in [2.45, 2.75) is 84.0 Å². The quantitative estimate of drug-likeness (QED) is 0.161. The van der Waals surface area contributed by atoms with Crippen molar-refractivity contribution in [1.82, 2.24) is 5.32 Å². The fourth-order valence-corrected chi connectivity index (χ4v) is 13.0. The van der Waals surface area contributed by atoms with Gasteiger partial charge in [0.25, 0.3) is 0 Å². The summed E-state index contributed by atoms with van der Waals surface area (Å²) in [5.74, 6) is 0. The minimum absolute atomic E-state index is 0.0459. The molecule has 0 bridgehead atoms. The van der Waals surface area contributed by atoms with Crippen LogP contribution in [0.4, 0.5) is 5.69 Å². The highest BCUT2D eigenvalue weighted by molar-refractivity contribution is 6.76. The summed E-state index contributed by atoms with van der Waals surface area (Å²) in [6.07, 6.45) is 3.33. The summed E-state index contributed by atoms with van der Waals surface area (Å²) in [4.78, 5) is 2.56. The van der Waals surface area contributed by atoms with E-state index in [9.17, 15) is 0 Å². The second-order valence-corrected chi connectivity index (χ2v) is 24.2. The molecule has 0 saturated heterocycles. The number of hydrogen-bond donors (Lipinski definition) is 1. The number of anilines is 1. The van der Waals surface area contributed by atoms with E-state index in [-0.39, 0.29) is 5.54 Å². The first kappa shape index (κ1) is 37.9. The highest BCUT2D eigenvalue weighted by atomic mass is 28.4. The average molecular weight is 643 g/mol. The Morgan fingerprint density at radius 3 is 1.95 bits per heavy atom. The summed E-state index contributed by atoms with van der Waals surface area (Å²) in [6.45, 7) is 21.7. The Morgan fingerprint density at radius 2 is 1.50 bits per heavy atom. The van der Waals surface area contributed by atoms with Gasteiger partial charge in [-0.25, -0.2) is 0 Å². The molecule has 0 heterocycles. The molecule has 0 saturated carbocycles. The number of benzene rings is 1. The lowest BCUT2D eigenvalue weighted by atomic mass is 10.0. The van der Waals surface area contributed by atoms with Gasteiger partial charge in [0.2, 0.25) is 0 Å². The number of nitrogens with one attached hydrogen (secondary N) is 1. The molecule has 1 unspecified atom stereocenters. The van der Waals surface area contributed by atoms with E-state index in [0.29, 0.717) is 0 Å². The van der Waals surface area contributed by atoms with Gasteiger partial charge in [0.1, 0.15) is 0 Å². The molecule has 4 radical (unpaired) electrons. The zero-order valence-corrected chi connectivity index (χ0v) is 32.8. The smallest absolute Gasteiger partial charge is 0.398 e. The topological polar surface area (TPSA) is 61.4 Å². The molecule has 0 aliphatic heterocycles. The molecule has 1 rings (SSSR count). The maximum absolute atomic E-state index is 6.01. The fraction of sp³-hybridized carbons (Fsp3) is 0.786. The summed E-state index contributed by atoms with van der Waals surface area (Å²) < 4.78 is 29.3. The van der Waals surface area contributed by atoms with Crippen molar-refractivity contribution in [3.63, 3.8) is 0 Å². The van der Waals surface area contributed by atoms with E-state index in [4.69, 9.17) is 22.1 Å². The molecule has 1 N–H and O–H groups in total. The predicted molar refractivity (Wildman–Crippen MR) is 182 cm³/mol. The standard InChI is InChI=1S/C28H58N2O5Si5/c1-14-30(15-2)27-25(23(3)40(33-6,34-7)35-8)21-26(37(9)10)24(28(27)38(11)12)17-19-36-22-29-18-16-20-39(13,31-4)32-5/h21,23,29H,14-20,22H2,1-13H3. The lowest BCUT2D eigenvalue weighted by Crippen LogP contribution is -2.51. The molecule has 0 aliphatic rings. The summed E-state index contributed by atoms with van der Waals surface area (Å²) >= 11 is 0. The van der Waals surface area contributed by atoms with Gasteiger partial charge in [0.15, 0.2) is 0 Å². The normalized spacial score (nSPS) is 13.5. The molecular formula is C28H58N2O5Si5. The van der Waals surface area contributed by atoms with E-state index in [2.05, 4.69) is 69.8 Å². The molecule has 0 aromatic heterocycles. The maximum atomic E-state index is 6.01. The van der Waals surface area contributed by atoms with Crippen LogP contribution in [0.5, 0.6) is 0 Å². The van der Waals surface area contributed by atoms with Gasteiger partial charge >= 0.3 is 17.4 Å². The lowest BCUT2D eigenvalue weighted by molar-refractivity contribution is 0.114. The minimum atomic E-state index is -2.89. The molecule has 40 heavy (non-hydrogen) atoms. The molecule has 1 atom stereocenters. The number of nitrogens with zero attached hydrogens (tertiary/aromatic N) is 1. The maximum Gasteiger partial charge on any atom is 0.507 e. The van der Waals surface area contributed by atoms with Crippen LogP contribution < -0.4 is 20.6 Å². The fourth-order valence-electron chi connectivity index (χ4n) is 5.46. The number of rotatable bonds is 21. The van der Waals surface area contributed by atoms with Gasteiger partial charge < -0.3 is 32.3 Å². The summed E-state index contributed by atoms with van der Waals surface area (Å²) in [5, 5.41) is 6.86. The van der Waals surface area contributed by atoms with Crippen molar-refractivity contribution < 1.29 is 22.1 Å². The van der Waals surface area contributed by atoms with Gasteiger partial charge in [-0.1, -0.05) is 50.4 Å². The van der Waals surface area contributed by atoms with Crippen LogP contribution in [0.15, 0.2) is 6.07 Å². The Hall–Kier alpha value is -0.136. The van der Waals surface area contributed by atoms with Crippen molar-refractivity contribution in [3.05, 3.63) is 17.2 Å². The SMILES string of the molecule is CCN(CC)c1c(C(C)[Si](OC)(OC)OC)cc([Si](C)C)c(CC[Si]CNCCC[Si](C)(OC)OC)c1[Si](C)C. The zero-order valence-electron chi connectivity index (χ0n) is 27.8. The molecule has 12 heteroatoms. The third kappa shape index (κ3) is 9.69. The van der Waals surface area contributed by atoms with Crippen LogP contribution in [0.2, 0.25) is 44.8 Å². The first-order chi connectivity index (χ1) is 19.0. The van der Waals surface area contributed by atoms with Gasteiger partial charge in [0, 0.05) is 54.3 Å². The molecule has 0 fully saturated rings. The van der Waals surface area contributed by atoms with Crippen LogP contribution in [0, 0.1) is 0 Å². The predicted octanol–water partition coefficient (Wildman–Crippen LogP) is 3.94. The third-order valence-corrected chi connectivity index (χ3v) is 18.3. The average Bonchev–Trinajstić information content (AvgIpc) is 2.95. The van der Waals surface area contributed by atoms with E-state index in [1.165, 1.54) is 17.3 Å². The summed E-state index contributed by atoms with van der Waals surface area (Å²) in [5.41, 5.74) is 4.44. The Kier molecular flexibility index (Phi) is 17.5. The van der Waals surface area contributed by atoms with Gasteiger partial charge in [-0.05, 0) is 68.3 Å². The van der Waals surface area contributed by atoms with E-state index in [1.807, 2.05) is 0 Å². The first-order valence-electron chi connectivity index (χ1n) is 14.7. The highest BCUT2D eigenvalue weighted by Gasteiger charge is 2.47. The molecule has 0 amide bonds. The van der Waals surface area contributed by atoms with Crippen LogP contribution in [-0.4, -0.2) is 106 Å². The van der Waals surface area contributed by atoms with E-state index in [0.717, 1.165) is 54.2 Å². The van der Waals surface area contributed by atoms with Crippen molar-refractivity contribution >= 4 is 60.5 Å². The second kappa shape index (κ2) is 18.5. The van der Waals surface area contributed by atoms with Gasteiger partial charge in [-0.2, -0.15) is 0 Å². The Balaban J connectivity index is 3.33. The first-order valence-corrected chi connectivity index (χ1v) is 25.4. The molecule has 230 valence electrons. The van der Waals surface area contributed by atoms with Crippen LogP contribution in [0.25, 0.3) is 0 Å². The van der Waals surface area contributed by atoms with Crippen LogP contribution in [-0.2, 0) is 28.6 Å². The van der Waals surface area contributed by atoms with Crippen LogP contribution in [0.1, 0.15) is 43.9 Å². The van der Waals surface area contributed by atoms with Crippen LogP contribution >= 0.6 is 0 Å². The minimum Gasteiger partial charge on any atom is -0.398 e. The van der Waals surface area contributed by atoms with E-state index < -0.39 is 35.0 Å². The zero-order chi connectivity index (χ0) is 30.5. The molecule has 1 aromatic rings. The Bertz CT molecular complexity index is 858. The van der Waals surface area contributed by atoms with Gasteiger partial charge in [-0.15, -0.1) is 0 Å². The third-order valence-electron chi connectivity index (χ3n) is 8.06.